The summed E-state index contributed by atoms with van der Waals surface area (Å²) in [6, 6.07) is 1.21. The Kier molecular flexibility index (Phi) is 9.15. The Hall–Kier alpha value is -0.543. The minimum Gasteiger partial charge on any atom is -0.361 e. The smallest absolute Gasteiger partial charge is 0.122 e. The zero-order valence-corrected chi connectivity index (χ0v) is 15.7. The van der Waals surface area contributed by atoms with Gasteiger partial charge >= 0.3 is 0 Å². The van der Waals surface area contributed by atoms with Crippen molar-refractivity contribution in [3.8, 4) is 0 Å². The lowest BCUT2D eigenvalue weighted by Gasteiger charge is -2.25. The van der Waals surface area contributed by atoms with Crippen molar-refractivity contribution in [2.75, 3.05) is 13.3 Å². The monoisotopic (exact) mass is 297 g/mol. The molecule has 0 aliphatic rings. The van der Waals surface area contributed by atoms with E-state index in [1.807, 2.05) is 6.20 Å². The lowest BCUT2D eigenvalue weighted by Crippen LogP contribution is -2.25. The molecule has 20 heavy (non-hydrogen) atoms. The predicted octanol–water partition coefficient (Wildman–Crippen LogP) is 5.33. The number of hydrogen-bond acceptors (Lipinski definition) is 2. The molecule has 0 aliphatic carbocycles. The average Bonchev–Trinajstić information content (AvgIpc) is 2.35. The van der Waals surface area contributed by atoms with Gasteiger partial charge in [0.1, 0.15) is 6.73 Å². The Morgan fingerprint density at radius 3 is 2.25 bits per heavy atom. The van der Waals surface area contributed by atoms with Crippen molar-refractivity contribution in [2.24, 2.45) is 11.8 Å². The van der Waals surface area contributed by atoms with Crippen LogP contribution >= 0.6 is 0 Å². The third-order valence-electron chi connectivity index (χ3n) is 3.69. The second-order valence-electron chi connectivity index (χ2n) is 7.12. The van der Waals surface area contributed by atoms with E-state index in [9.17, 15) is 0 Å². The van der Waals surface area contributed by atoms with Crippen LogP contribution in [-0.4, -0.2) is 26.3 Å². The van der Waals surface area contributed by atoms with Crippen LogP contribution in [0.5, 0.6) is 0 Å². The van der Waals surface area contributed by atoms with E-state index in [1.54, 1.807) is 0 Å². The Morgan fingerprint density at radius 2 is 1.85 bits per heavy atom. The van der Waals surface area contributed by atoms with Gasteiger partial charge in [-0.25, -0.2) is 0 Å². The Balaban J connectivity index is 4.44. The van der Waals surface area contributed by atoms with E-state index in [0.29, 0.717) is 18.6 Å². The standard InChI is InChI=1S/C17H35NOSi/c1-9-17(13-16(5)15(3)4)18(10-2)14-19-11-12-20(6,7)8/h10,13,15-16H,2,9,11-12,14H2,1,3-8H3/b17-13+. The molecule has 0 amide bonds. The van der Waals surface area contributed by atoms with Crippen LogP contribution in [0.25, 0.3) is 0 Å². The summed E-state index contributed by atoms with van der Waals surface area (Å²) in [4.78, 5) is 2.14. The van der Waals surface area contributed by atoms with Gasteiger partial charge in [-0.1, -0.05) is 60.0 Å². The number of hydrogen-bond donors (Lipinski definition) is 0. The van der Waals surface area contributed by atoms with E-state index in [4.69, 9.17) is 4.74 Å². The fourth-order valence-electron chi connectivity index (χ4n) is 1.71. The first-order valence-corrected chi connectivity index (χ1v) is 11.6. The van der Waals surface area contributed by atoms with Crippen LogP contribution in [0.15, 0.2) is 24.6 Å². The van der Waals surface area contributed by atoms with Gasteiger partial charge in [-0.2, -0.15) is 0 Å². The van der Waals surface area contributed by atoms with Crippen LogP contribution < -0.4 is 0 Å². The van der Waals surface area contributed by atoms with E-state index in [-0.39, 0.29) is 0 Å². The van der Waals surface area contributed by atoms with Crippen molar-refractivity contribution in [1.82, 2.24) is 4.90 Å². The van der Waals surface area contributed by atoms with Crippen LogP contribution in [-0.2, 0) is 4.74 Å². The van der Waals surface area contributed by atoms with E-state index in [0.717, 1.165) is 13.0 Å². The van der Waals surface area contributed by atoms with Gasteiger partial charge in [0.25, 0.3) is 0 Å². The first-order chi connectivity index (χ1) is 9.21. The van der Waals surface area contributed by atoms with Gasteiger partial charge in [-0.05, 0) is 30.5 Å². The molecule has 0 saturated carbocycles. The van der Waals surface area contributed by atoms with Crippen molar-refractivity contribution in [3.63, 3.8) is 0 Å². The molecular weight excluding hydrogens is 262 g/mol. The van der Waals surface area contributed by atoms with Crippen LogP contribution in [0.2, 0.25) is 25.7 Å². The Morgan fingerprint density at radius 1 is 1.25 bits per heavy atom. The average molecular weight is 298 g/mol. The van der Waals surface area contributed by atoms with Crippen LogP contribution in [0.3, 0.4) is 0 Å². The van der Waals surface area contributed by atoms with Gasteiger partial charge in [-0.3, -0.25) is 0 Å². The molecule has 0 radical (unpaired) electrons. The maximum atomic E-state index is 5.84. The maximum absolute atomic E-state index is 5.84. The third kappa shape index (κ3) is 8.59. The van der Waals surface area contributed by atoms with E-state index in [1.165, 1.54) is 11.7 Å². The molecule has 0 bridgehead atoms. The molecule has 0 aromatic heterocycles. The molecule has 0 fully saturated rings. The lowest BCUT2D eigenvalue weighted by molar-refractivity contribution is 0.0767. The second-order valence-corrected chi connectivity index (χ2v) is 12.7. The molecule has 1 unspecified atom stereocenters. The summed E-state index contributed by atoms with van der Waals surface area (Å²) >= 11 is 0. The highest BCUT2D eigenvalue weighted by molar-refractivity contribution is 6.76. The highest BCUT2D eigenvalue weighted by Gasteiger charge is 2.13. The van der Waals surface area contributed by atoms with Crippen molar-refractivity contribution in [3.05, 3.63) is 24.6 Å². The second kappa shape index (κ2) is 9.40. The predicted molar refractivity (Wildman–Crippen MR) is 93.4 cm³/mol. The first-order valence-electron chi connectivity index (χ1n) is 7.89. The van der Waals surface area contributed by atoms with Crippen LogP contribution in [0.1, 0.15) is 34.1 Å². The highest BCUT2D eigenvalue weighted by atomic mass is 28.3. The molecule has 0 aliphatic heterocycles. The van der Waals surface area contributed by atoms with Crippen LogP contribution in [0.4, 0.5) is 0 Å². The fourth-order valence-corrected chi connectivity index (χ4v) is 2.46. The third-order valence-corrected chi connectivity index (χ3v) is 5.39. The van der Waals surface area contributed by atoms with E-state index < -0.39 is 8.07 Å². The fraction of sp³-hybridized carbons (Fsp3) is 0.765. The zero-order chi connectivity index (χ0) is 15.8. The van der Waals surface area contributed by atoms with Crippen molar-refractivity contribution in [2.45, 2.75) is 59.8 Å². The van der Waals surface area contributed by atoms with E-state index in [2.05, 4.69) is 64.9 Å². The summed E-state index contributed by atoms with van der Waals surface area (Å²) < 4.78 is 5.84. The van der Waals surface area contributed by atoms with Gasteiger partial charge in [0.2, 0.25) is 0 Å². The highest BCUT2D eigenvalue weighted by Crippen LogP contribution is 2.18. The molecule has 0 N–H and O–H groups in total. The SMILES string of the molecule is C=CN(COCC[Si](C)(C)C)/C(=C/C(C)C(C)C)CC. The Bertz CT molecular complexity index is 305. The minimum absolute atomic E-state index is 0.578. The topological polar surface area (TPSA) is 12.5 Å². The molecule has 3 heteroatoms. The van der Waals surface area contributed by atoms with Gasteiger partial charge < -0.3 is 9.64 Å². The molecule has 0 rings (SSSR count). The normalized spacial score (nSPS) is 14.5. The number of nitrogens with zero attached hydrogens (tertiary/aromatic N) is 1. The molecule has 0 spiro atoms. The number of allylic oxidation sites excluding steroid dienone is 2. The summed E-state index contributed by atoms with van der Waals surface area (Å²) in [5.74, 6) is 1.24. The zero-order valence-electron chi connectivity index (χ0n) is 14.7. The molecule has 0 aromatic rings. The number of rotatable bonds is 10. The summed E-state index contributed by atoms with van der Waals surface area (Å²) in [7, 11) is -1.000. The summed E-state index contributed by atoms with van der Waals surface area (Å²) in [6.07, 6.45) is 5.26. The van der Waals surface area contributed by atoms with Crippen molar-refractivity contribution >= 4 is 8.07 Å². The summed E-state index contributed by atoms with van der Waals surface area (Å²) in [6.45, 7) is 21.5. The molecule has 1 atom stereocenters. The molecular formula is C17H35NOSi. The molecule has 2 nitrogen and oxygen atoms in total. The van der Waals surface area contributed by atoms with Gasteiger partial charge in [0.05, 0.1) is 0 Å². The van der Waals surface area contributed by atoms with Gasteiger partial charge in [0.15, 0.2) is 0 Å². The molecule has 0 aromatic carbocycles. The quantitative estimate of drug-likeness (QED) is 0.307. The summed E-state index contributed by atoms with van der Waals surface area (Å²) in [5.41, 5.74) is 1.31. The van der Waals surface area contributed by atoms with Crippen LogP contribution in [0, 0.1) is 11.8 Å². The largest absolute Gasteiger partial charge is 0.361 e. The maximum Gasteiger partial charge on any atom is 0.122 e. The van der Waals surface area contributed by atoms with Crippen molar-refractivity contribution < 1.29 is 4.74 Å². The molecule has 0 heterocycles. The van der Waals surface area contributed by atoms with E-state index >= 15 is 0 Å². The van der Waals surface area contributed by atoms with Gasteiger partial charge in [-0.15, -0.1) is 0 Å². The first kappa shape index (κ1) is 19.5. The Labute approximate surface area is 127 Å². The molecule has 0 saturated heterocycles. The molecule has 118 valence electrons. The lowest BCUT2D eigenvalue weighted by atomic mass is 9.96. The minimum atomic E-state index is -1.000. The summed E-state index contributed by atoms with van der Waals surface area (Å²) in [5, 5.41) is 0. The van der Waals surface area contributed by atoms with Crippen molar-refractivity contribution in [1.29, 1.82) is 0 Å². The number of ether oxygens (including phenoxy) is 1. The van der Waals surface area contributed by atoms with Gasteiger partial charge in [0, 0.05) is 20.4 Å².